The summed E-state index contributed by atoms with van der Waals surface area (Å²) in [6.45, 7) is 0.457. The molecule has 1 aliphatic rings. The topological polar surface area (TPSA) is 78.4 Å². The number of nitrogens with one attached hydrogen (secondary N) is 1. The van der Waals surface area contributed by atoms with Gasteiger partial charge in [0.2, 0.25) is 5.28 Å². The molecule has 0 aliphatic carbocycles. The van der Waals surface area contributed by atoms with E-state index in [-0.39, 0.29) is 11.8 Å². The summed E-state index contributed by atoms with van der Waals surface area (Å²) in [5.41, 5.74) is -1.03. The van der Waals surface area contributed by atoms with Crippen molar-refractivity contribution in [2.24, 2.45) is 0 Å². The number of carboxylic acid groups (broad SMARTS) is 1. The first kappa shape index (κ1) is 15.6. The van der Waals surface area contributed by atoms with Crippen molar-refractivity contribution in [2.45, 2.75) is 25.1 Å². The minimum Gasteiger partial charge on any atom is -0.465 e. The highest BCUT2D eigenvalue weighted by molar-refractivity contribution is 6.28. The normalized spacial score (nSPS) is 19.4. The van der Waals surface area contributed by atoms with Gasteiger partial charge in [-0.15, -0.1) is 0 Å². The van der Waals surface area contributed by atoms with Crippen molar-refractivity contribution >= 4 is 23.5 Å². The zero-order chi connectivity index (χ0) is 15.6. The number of amides is 1. The second-order valence-corrected chi connectivity index (χ2v) is 4.95. The molecule has 2 N–H and O–H groups in total. The molecule has 10 heteroatoms. The monoisotopic (exact) mass is 324 g/mol. The number of alkyl halides is 3. The smallest absolute Gasteiger partial charge is 0.421 e. The third-order valence-electron chi connectivity index (χ3n) is 3.10. The van der Waals surface area contributed by atoms with E-state index in [1.165, 1.54) is 0 Å². The molecule has 0 radical (unpaired) electrons. The Labute approximate surface area is 122 Å². The van der Waals surface area contributed by atoms with Crippen molar-refractivity contribution in [1.82, 2.24) is 14.9 Å². The number of anilines is 1. The fourth-order valence-electron chi connectivity index (χ4n) is 2.14. The molecule has 1 unspecified atom stereocenters. The van der Waals surface area contributed by atoms with Gasteiger partial charge in [0.15, 0.2) is 0 Å². The van der Waals surface area contributed by atoms with Gasteiger partial charge in [-0.2, -0.15) is 13.2 Å². The van der Waals surface area contributed by atoms with Gasteiger partial charge in [0.1, 0.15) is 11.4 Å². The fraction of sp³-hybridized carbons (Fsp3) is 0.545. The zero-order valence-corrected chi connectivity index (χ0v) is 11.4. The van der Waals surface area contributed by atoms with E-state index in [0.717, 1.165) is 4.90 Å². The Balaban J connectivity index is 2.19. The predicted molar refractivity (Wildman–Crippen MR) is 68.3 cm³/mol. The number of nitrogens with zero attached hydrogens (tertiary/aromatic N) is 3. The van der Waals surface area contributed by atoms with Gasteiger partial charge in [-0.3, -0.25) is 0 Å². The molecule has 6 nitrogen and oxygen atoms in total. The summed E-state index contributed by atoms with van der Waals surface area (Å²) in [6, 6.07) is -0.457. The largest absolute Gasteiger partial charge is 0.465 e. The average Bonchev–Trinajstić information content (AvgIpc) is 2.37. The predicted octanol–water partition coefficient (Wildman–Crippen LogP) is 2.70. The van der Waals surface area contributed by atoms with E-state index in [4.69, 9.17) is 16.7 Å². The van der Waals surface area contributed by atoms with Crippen molar-refractivity contribution < 1.29 is 23.1 Å². The lowest BCUT2D eigenvalue weighted by atomic mass is 10.1. The minimum absolute atomic E-state index is 0.0915. The summed E-state index contributed by atoms with van der Waals surface area (Å²) >= 11 is 5.53. The maximum absolute atomic E-state index is 12.9. The van der Waals surface area contributed by atoms with Gasteiger partial charge in [0.05, 0.1) is 0 Å². The number of aromatic nitrogens is 2. The summed E-state index contributed by atoms with van der Waals surface area (Å²) in [6.07, 6.45) is -4.01. The molecule has 0 aromatic carbocycles. The molecule has 1 aliphatic heterocycles. The van der Waals surface area contributed by atoms with Gasteiger partial charge < -0.3 is 15.3 Å². The molecule has 0 saturated carbocycles. The van der Waals surface area contributed by atoms with Crippen LogP contribution in [0.1, 0.15) is 18.4 Å². The maximum atomic E-state index is 12.9. The Morgan fingerprint density at radius 3 is 2.86 bits per heavy atom. The number of rotatable bonds is 2. The van der Waals surface area contributed by atoms with E-state index in [0.29, 0.717) is 25.6 Å². The number of piperidine rings is 1. The van der Waals surface area contributed by atoms with E-state index in [1.807, 2.05) is 0 Å². The molecule has 0 spiro atoms. The second-order valence-electron chi connectivity index (χ2n) is 4.61. The van der Waals surface area contributed by atoms with Crippen LogP contribution in [0.5, 0.6) is 0 Å². The fourth-order valence-corrected chi connectivity index (χ4v) is 2.27. The summed E-state index contributed by atoms with van der Waals surface area (Å²) in [4.78, 5) is 18.9. The Morgan fingerprint density at radius 1 is 1.52 bits per heavy atom. The van der Waals surface area contributed by atoms with Crippen molar-refractivity contribution in [1.29, 1.82) is 0 Å². The van der Waals surface area contributed by atoms with Crippen LogP contribution in [-0.4, -0.2) is 45.2 Å². The number of carbonyl (C=O) groups is 1. The van der Waals surface area contributed by atoms with Crippen LogP contribution >= 0.6 is 11.6 Å². The quantitative estimate of drug-likeness (QED) is 0.818. The third-order valence-corrected chi connectivity index (χ3v) is 3.28. The maximum Gasteiger partial charge on any atom is 0.421 e. The molecule has 21 heavy (non-hydrogen) atoms. The highest BCUT2D eigenvalue weighted by Crippen LogP contribution is 2.34. The van der Waals surface area contributed by atoms with Crippen molar-refractivity contribution in [3.63, 3.8) is 0 Å². The van der Waals surface area contributed by atoms with Crippen LogP contribution in [0.2, 0.25) is 5.28 Å². The molecule has 1 aromatic rings. The molecule has 1 atom stereocenters. The molecule has 0 bridgehead atoms. The van der Waals surface area contributed by atoms with E-state index < -0.39 is 29.7 Å². The van der Waals surface area contributed by atoms with Gasteiger partial charge in [0, 0.05) is 25.3 Å². The Kier molecular flexibility index (Phi) is 4.40. The minimum atomic E-state index is -4.62. The van der Waals surface area contributed by atoms with Crippen LogP contribution in [0.4, 0.5) is 23.8 Å². The molecule has 1 fully saturated rings. The van der Waals surface area contributed by atoms with Gasteiger partial charge in [0.25, 0.3) is 0 Å². The van der Waals surface area contributed by atoms with Crippen LogP contribution in [0.25, 0.3) is 0 Å². The molecule has 116 valence electrons. The lowest BCUT2D eigenvalue weighted by Gasteiger charge is -2.31. The summed E-state index contributed by atoms with van der Waals surface area (Å²) < 4.78 is 38.6. The van der Waals surface area contributed by atoms with Gasteiger partial charge in [-0.05, 0) is 24.4 Å². The van der Waals surface area contributed by atoms with Gasteiger partial charge in [-0.25, -0.2) is 14.8 Å². The summed E-state index contributed by atoms with van der Waals surface area (Å²) in [5, 5.41) is 11.2. The van der Waals surface area contributed by atoms with Gasteiger partial charge in [-0.1, -0.05) is 0 Å². The van der Waals surface area contributed by atoms with E-state index in [9.17, 15) is 18.0 Å². The Hall–Kier alpha value is -1.77. The second kappa shape index (κ2) is 5.92. The lowest BCUT2D eigenvalue weighted by Crippen LogP contribution is -2.44. The molecule has 1 amide bonds. The van der Waals surface area contributed by atoms with Crippen LogP contribution in [0.15, 0.2) is 6.20 Å². The lowest BCUT2D eigenvalue weighted by molar-refractivity contribution is -0.137. The highest BCUT2D eigenvalue weighted by Gasteiger charge is 2.36. The summed E-state index contributed by atoms with van der Waals surface area (Å²) in [5.74, 6) is -0.431. The first-order chi connectivity index (χ1) is 9.77. The van der Waals surface area contributed by atoms with E-state index in [1.54, 1.807) is 0 Å². The number of likely N-dealkylation sites (tertiary alicyclic amines) is 1. The Morgan fingerprint density at radius 2 is 2.24 bits per heavy atom. The van der Waals surface area contributed by atoms with Crippen molar-refractivity contribution in [3.8, 4) is 0 Å². The Bertz CT molecular complexity index is 541. The van der Waals surface area contributed by atoms with Crippen molar-refractivity contribution in [3.05, 3.63) is 17.0 Å². The number of halogens is 4. The molecule has 1 saturated heterocycles. The van der Waals surface area contributed by atoms with Gasteiger partial charge >= 0.3 is 12.3 Å². The van der Waals surface area contributed by atoms with Crippen LogP contribution < -0.4 is 5.32 Å². The van der Waals surface area contributed by atoms with E-state index >= 15 is 0 Å². The first-order valence-electron chi connectivity index (χ1n) is 6.11. The van der Waals surface area contributed by atoms with Crippen LogP contribution in [-0.2, 0) is 6.18 Å². The summed E-state index contributed by atoms with van der Waals surface area (Å²) in [7, 11) is 0. The molecule has 2 rings (SSSR count). The van der Waals surface area contributed by atoms with Crippen LogP contribution in [0.3, 0.4) is 0 Å². The zero-order valence-electron chi connectivity index (χ0n) is 10.7. The molecular formula is C11H12ClF3N4O2. The number of hydrogen-bond acceptors (Lipinski definition) is 4. The molecule has 2 heterocycles. The SMILES string of the molecule is O=C(O)N1CCCC(Nc2nc(Cl)ncc2C(F)(F)F)C1. The average molecular weight is 325 g/mol. The highest BCUT2D eigenvalue weighted by atomic mass is 35.5. The van der Waals surface area contributed by atoms with Crippen LogP contribution in [0, 0.1) is 0 Å². The van der Waals surface area contributed by atoms with Crippen molar-refractivity contribution in [2.75, 3.05) is 18.4 Å². The number of hydrogen-bond donors (Lipinski definition) is 2. The third kappa shape index (κ3) is 3.87. The van der Waals surface area contributed by atoms with E-state index in [2.05, 4.69) is 15.3 Å². The standard InChI is InChI=1S/C11H12ClF3N4O2/c12-9-16-4-7(11(13,14)15)8(18-9)17-6-2-1-3-19(5-6)10(20)21/h4,6H,1-3,5H2,(H,20,21)(H,16,17,18). The molecule has 1 aromatic heterocycles. The molecular weight excluding hydrogens is 313 g/mol. The first-order valence-corrected chi connectivity index (χ1v) is 6.49.